The lowest BCUT2D eigenvalue weighted by atomic mass is 10.1. The average molecular weight is 226 g/mol. The topological polar surface area (TPSA) is 46.2 Å². The first kappa shape index (κ1) is 11.7. The monoisotopic (exact) mass is 225 g/mol. The quantitative estimate of drug-likeness (QED) is 0.791. The first-order valence-corrected chi connectivity index (χ1v) is 4.96. The van der Waals surface area contributed by atoms with E-state index in [1.165, 1.54) is 6.92 Å². The summed E-state index contributed by atoms with van der Waals surface area (Å²) in [5.74, 6) is -0.207. The highest BCUT2D eigenvalue weighted by atomic mass is 35.5. The number of hydrogen-bond donors (Lipinski definition) is 1. The van der Waals surface area contributed by atoms with Crippen LogP contribution in [0, 0.1) is 0 Å². The maximum absolute atomic E-state index is 10.8. The molecule has 0 aliphatic carbocycles. The first-order valence-electron chi connectivity index (χ1n) is 4.58. The molecule has 1 rings (SSSR count). The van der Waals surface area contributed by atoms with E-state index < -0.39 is 6.04 Å². The number of halogens is 1. The highest BCUT2D eigenvalue weighted by molar-refractivity contribution is 6.30. The minimum atomic E-state index is -0.469. The number of amides is 1. The molecule has 0 unspecified atom stereocenters. The van der Waals surface area contributed by atoms with Crippen molar-refractivity contribution in [3.05, 3.63) is 34.9 Å². The van der Waals surface area contributed by atoms with Gasteiger partial charge in [0.2, 0.25) is 5.91 Å². The Labute approximate surface area is 93.4 Å². The Bertz CT molecular complexity index is 348. The summed E-state index contributed by atoms with van der Waals surface area (Å²) >= 11 is 5.73. The lowest BCUT2D eigenvalue weighted by Gasteiger charge is -2.10. The second-order valence-corrected chi connectivity index (χ2v) is 3.71. The lowest BCUT2D eigenvalue weighted by Crippen LogP contribution is -2.35. The zero-order chi connectivity index (χ0) is 11.3. The predicted octanol–water partition coefficient (Wildman–Crippen LogP) is 1.59. The van der Waals surface area contributed by atoms with Crippen molar-refractivity contribution < 1.29 is 9.59 Å². The van der Waals surface area contributed by atoms with Crippen LogP contribution in [0.4, 0.5) is 0 Å². The predicted molar refractivity (Wildman–Crippen MR) is 58.8 cm³/mol. The minimum Gasteiger partial charge on any atom is -0.346 e. The standard InChI is InChI=1S/C11H12ClNO2/c1-8(15)13-11(7-14)6-9-2-4-10(12)5-3-9/h2-5,7,11H,6H2,1H3,(H,13,15)/t11-/m1/s1. The van der Waals surface area contributed by atoms with E-state index >= 15 is 0 Å². The van der Waals surface area contributed by atoms with Gasteiger partial charge in [-0.2, -0.15) is 0 Å². The van der Waals surface area contributed by atoms with Gasteiger partial charge in [0, 0.05) is 11.9 Å². The SMILES string of the molecule is CC(=O)N[C@@H](C=O)Cc1ccc(Cl)cc1. The first-order chi connectivity index (χ1) is 7.11. The summed E-state index contributed by atoms with van der Waals surface area (Å²) < 4.78 is 0. The van der Waals surface area contributed by atoms with E-state index in [0.717, 1.165) is 11.8 Å². The van der Waals surface area contributed by atoms with Crippen LogP contribution in [0.2, 0.25) is 5.02 Å². The number of hydrogen-bond acceptors (Lipinski definition) is 2. The molecule has 0 radical (unpaired) electrons. The van der Waals surface area contributed by atoms with Crippen LogP contribution in [0.3, 0.4) is 0 Å². The molecule has 1 aromatic carbocycles. The molecule has 0 aromatic heterocycles. The maximum Gasteiger partial charge on any atom is 0.217 e. The smallest absolute Gasteiger partial charge is 0.217 e. The molecule has 0 fully saturated rings. The van der Waals surface area contributed by atoms with Gasteiger partial charge < -0.3 is 10.1 Å². The van der Waals surface area contributed by atoms with Crippen molar-refractivity contribution in [2.45, 2.75) is 19.4 Å². The summed E-state index contributed by atoms with van der Waals surface area (Å²) in [6, 6.07) is 6.71. The zero-order valence-corrected chi connectivity index (χ0v) is 9.12. The van der Waals surface area contributed by atoms with E-state index in [9.17, 15) is 9.59 Å². The Kier molecular flexibility index (Phi) is 4.31. The fourth-order valence-electron chi connectivity index (χ4n) is 1.27. The second kappa shape index (κ2) is 5.51. The molecule has 1 aromatic rings. The van der Waals surface area contributed by atoms with Gasteiger partial charge in [-0.3, -0.25) is 4.79 Å². The maximum atomic E-state index is 10.8. The van der Waals surface area contributed by atoms with Gasteiger partial charge in [0.1, 0.15) is 6.29 Å². The molecule has 1 N–H and O–H groups in total. The molecule has 0 spiro atoms. The molecule has 0 aliphatic heterocycles. The third kappa shape index (κ3) is 4.13. The van der Waals surface area contributed by atoms with Gasteiger partial charge in [0.15, 0.2) is 0 Å². The second-order valence-electron chi connectivity index (χ2n) is 3.27. The molecular weight excluding hydrogens is 214 g/mol. The fourth-order valence-corrected chi connectivity index (χ4v) is 1.39. The summed E-state index contributed by atoms with van der Waals surface area (Å²) in [6.07, 6.45) is 1.22. The van der Waals surface area contributed by atoms with Gasteiger partial charge in [0.25, 0.3) is 0 Å². The molecule has 0 heterocycles. The van der Waals surface area contributed by atoms with Crippen LogP contribution in [-0.4, -0.2) is 18.2 Å². The third-order valence-electron chi connectivity index (χ3n) is 1.92. The summed E-state index contributed by atoms with van der Waals surface area (Å²) in [5, 5.41) is 3.21. The summed E-state index contributed by atoms with van der Waals surface area (Å²) in [4.78, 5) is 21.4. The Morgan fingerprint density at radius 1 is 1.47 bits per heavy atom. The van der Waals surface area contributed by atoms with E-state index in [1.54, 1.807) is 12.1 Å². The molecule has 1 atom stereocenters. The molecule has 80 valence electrons. The molecule has 0 aliphatic rings. The zero-order valence-electron chi connectivity index (χ0n) is 8.37. The van der Waals surface area contributed by atoms with Crippen LogP contribution < -0.4 is 5.32 Å². The number of nitrogens with one attached hydrogen (secondary N) is 1. The number of carbonyl (C=O) groups is 2. The van der Waals surface area contributed by atoms with Crippen molar-refractivity contribution in [3.8, 4) is 0 Å². The van der Waals surface area contributed by atoms with Crippen molar-refractivity contribution in [1.82, 2.24) is 5.32 Å². The third-order valence-corrected chi connectivity index (χ3v) is 2.17. The summed E-state index contributed by atoms with van der Waals surface area (Å²) in [7, 11) is 0. The van der Waals surface area contributed by atoms with E-state index in [-0.39, 0.29) is 5.91 Å². The molecular formula is C11H12ClNO2. The Hall–Kier alpha value is -1.35. The van der Waals surface area contributed by atoms with Crippen molar-refractivity contribution >= 4 is 23.8 Å². The number of aldehydes is 1. The molecule has 4 heteroatoms. The van der Waals surface area contributed by atoms with Crippen molar-refractivity contribution in [3.63, 3.8) is 0 Å². The fraction of sp³-hybridized carbons (Fsp3) is 0.273. The van der Waals surface area contributed by atoms with E-state index in [1.807, 2.05) is 12.1 Å². The van der Waals surface area contributed by atoms with Crippen LogP contribution in [-0.2, 0) is 16.0 Å². The van der Waals surface area contributed by atoms with Crippen LogP contribution >= 0.6 is 11.6 Å². The minimum absolute atomic E-state index is 0.207. The average Bonchev–Trinajstić information content (AvgIpc) is 2.19. The number of rotatable bonds is 4. The molecule has 15 heavy (non-hydrogen) atoms. The number of benzene rings is 1. The van der Waals surface area contributed by atoms with Gasteiger partial charge in [0.05, 0.1) is 6.04 Å². The van der Waals surface area contributed by atoms with E-state index in [2.05, 4.69) is 5.32 Å². The Morgan fingerprint density at radius 2 is 2.07 bits per heavy atom. The lowest BCUT2D eigenvalue weighted by molar-refractivity contribution is -0.122. The van der Waals surface area contributed by atoms with Gasteiger partial charge in [-0.25, -0.2) is 0 Å². The van der Waals surface area contributed by atoms with E-state index in [4.69, 9.17) is 11.6 Å². The van der Waals surface area contributed by atoms with Crippen LogP contribution in [0.25, 0.3) is 0 Å². The van der Waals surface area contributed by atoms with Crippen LogP contribution in [0.5, 0.6) is 0 Å². The Morgan fingerprint density at radius 3 is 2.53 bits per heavy atom. The largest absolute Gasteiger partial charge is 0.346 e. The van der Waals surface area contributed by atoms with Gasteiger partial charge >= 0.3 is 0 Å². The van der Waals surface area contributed by atoms with Gasteiger partial charge in [-0.15, -0.1) is 0 Å². The highest BCUT2D eigenvalue weighted by Crippen LogP contribution is 2.10. The summed E-state index contributed by atoms with van der Waals surface area (Å²) in [6.45, 7) is 1.39. The normalized spacial score (nSPS) is 11.9. The van der Waals surface area contributed by atoms with Crippen molar-refractivity contribution in [2.24, 2.45) is 0 Å². The number of carbonyl (C=O) groups excluding carboxylic acids is 2. The van der Waals surface area contributed by atoms with E-state index in [0.29, 0.717) is 11.4 Å². The Balaban J connectivity index is 2.62. The summed E-state index contributed by atoms with van der Waals surface area (Å²) in [5.41, 5.74) is 0.963. The molecule has 1 amide bonds. The van der Waals surface area contributed by atoms with Crippen LogP contribution in [0.15, 0.2) is 24.3 Å². The van der Waals surface area contributed by atoms with Gasteiger partial charge in [-0.05, 0) is 24.1 Å². The van der Waals surface area contributed by atoms with Crippen molar-refractivity contribution in [2.75, 3.05) is 0 Å². The molecule has 0 saturated heterocycles. The molecule has 3 nitrogen and oxygen atoms in total. The highest BCUT2D eigenvalue weighted by Gasteiger charge is 2.08. The molecule has 0 bridgehead atoms. The van der Waals surface area contributed by atoms with Crippen molar-refractivity contribution in [1.29, 1.82) is 0 Å². The van der Waals surface area contributed by atoms with Gasteiger partial charge in [-0.1, -0.05) is 23.7 Å². The molecule has 0 saturated carbocycles. The van der Waals surface area contributed by atoms with Crippen LogP contribution in [0.1, 0.15) is 12.5 Å².